The van der Waals surface area contributed by atoms with Gasteiger partial charge < -0.3 is 15.2 Å². The van der Waals surface area contributed by atoms with Crippen molar-refractivity contribution in [2.45, 2.75) is 13.8 Å². The van der Waals surface area contributed by atoms with Crippen molar-refractivity contribution in [3.05, 3.63) is 46.6 Å². The molecule has 0 bridgehead atoms. The summed E-state index contributed by atoms with van der Waals surface area (Å²) in [6.07, 6.45) is 1.35. The lowest BCUT2D eigenvalue weighted by molar-refractivity contribution is 0.0527. The second kappa shape index (κ2) is 6.45. The van der Waals surface area contributed by atoms with Gasteiger partial charge in [0.2, 0.25) is 5.88 Å². The number of aryl methyl sites for hydroxylation is 1. The summed E-state index contributed by atoms with van der Waals surface area (Å²) in [6.45, 7) is 3.91. The first-order chi connectivity index (χ1) is 10.0. The van der Waals surface area contributed by atoms with Gasteiger partial charge in [-0.15, -0.1) is 0 Å². The molecular formula is C15H15ClN2O3. The van der Waals surface area contributed by atoms with E-state index < -0.39 is 5.97 Å². The lowest BCUT2D eigenvalue weighted by Crippen LogP contribution is -2.08. The Hall–Kier alpha value is -2.27. The van der Waals surface area contributed by atoms with Crippen LogP contribution in [-0.2, 0) is 4.74 Å². The minimum Gasteiger partial charge on any atom is -0.462 e. The molecule has 0 aliphatic carbocycles. The third-order valence-electron chi connectivity index (χ3n) is 2.71. The topological polar surface area (TPSA) is 74.4 Å². The normalized spacial score (nSPS) is 10.2. The molecule has 2 N–H and O–H groups in total. The van der Waals surface area contributed by atoms with E-state index in [0.717, 1.165) is 5.56 Å². The van der Waals surface area contributed by atoms with Gasteiger partial charge in [0.1, 0.15) is 5.75 Å². The molecule has 0 unspecified atom stereocenters. The molecular weight excluding hydrogens is 292 g/mol. The van der Waals surface area contributed by atoms with Crippen molar-refractivity contribution in [1.82, 2.24) is 4.98 Å². The second-order valence-corrected chi connectivity index (χ2v) is 4.77. The lowest BCUT2D eigenvalue weighted by Gasteiger charge is -2.10. The maximum absolute atomic E-state index is 11.8. The van der Waals surface area contributed by atoms with Crippen LogP contribution in [-0.4, -0.2) is 17.6 Å². The van der Waals surface area contributed by atoms with Crippen LogP contribution in [0.5, 0.6) is 11.6 Å². The Kier molecular flexibility index (Phi) is 4.65. The molecule has 0 saturated carbocycles. The molecule has 1 heterocycles. The zero-order valence-electron chi connectivity index (χ0n) is 11.7. The summed E-state index contributed by atoms with van der Waals surface area (Å²) in [4.78, 5) is 15.8. The van der Waals surface area contributed by atoms with Crippen molar-refractivity contribution in [2.75, 3.05) is 12.3 Å². The van der Waals surface area contributed by atoms with Gasteiger partial charge >= 0.3 is 5.97 Å². The van der Waals surface area contributed by atoms with Gasteiger partial charge in [0.15, 0.2) is 0 Å². The van der Waals surface area contributed by atoms with Crippen LogP contribution in [0.25, 0.3) is 0 Å². The molecule has 0 radical (unpaired) electrons. The Morgan fingerprint density at radius 3 is 2.86 bits per heavy atom. The van der Waals surface area contributed by atoms with E-state index in [-0.39, 0.29) is 23.7 Å². The first kappa shape index (κ1) is 15.1. The third-order valence-corrected chi connectivity index (χ3v) is 3.02. The molecule has 0 fully saturated rings. The molecule has 6 heteroatoms. The average Bonchev–Trinajstić information content (AvgIpc) is 2.45. The van der Waals surface area contributed by atoms with E-state index in [1.807, 2.05) is 13.0 Å². The molecule has 0 atom stereocenters. The molecule has 21 heavy (non-hydrogen) atoms. The number of ether oxygens (including phenoxy) is 2. The first-order valence-corrected chi connectivity index (χ1v) is 6.75. The maximum atomic E-state index is 11.8. The number of benzene rings is 1. The van der Waals surface area contributed by atoms with E-state index in [9.17, 15) is 4.79 Å². The van der Waals surface area contributed by atoms with Crippen LogP contribution in [0, 0.1) is 6.92 Å². The molecule has 1 aromatic heterocycles. The summed E-state index contributed by atoms with van der Waals surface area (Å²) in [7, 11) is 0. The van der Waals surface area contributed by atoms with E-state index in [2.05, 4.69) is 4.98 Å². The summed E-state index contributed by atoms with van der Waals surface area (Å²) >= 11 is 6.06. The van der Waals surface area contributed by atoms with E-state index in [0.29, 0.717) is 10.8 Å². The minimum absolute atomic E-state index is 0.214. The number of carbonyl (C=O) groups excluding carboxylic acids is 1. The number of rotatable bonds is 4. The number of hydrogen-bond donors (Lipinski definition) is 1. The zero-order chi connectivity index (χ0) is 15.4. The highest BCUT2D eigenvalue weighted by molar-refractivity contribution is 6.32. The predicted octanol–water partition coefficient (Wildman–Crippen LogP) is 3.59. The number of nitrogens with zero attached hydrogens (tertiary/aromatic N) is 1. The van der Waals surface area contributed by atoms with Gasteiger partial charge in [0.05, 0.1) is 29.1 Å². The Labute approximate surface area is 127 Å². The third kappa shape index (κ3) is 3.64. The molecule has 110 valence electrons. The van der Waals surface area contributed by atoms with Crippen LogP contribution in [0.2, 0.25) is 5.02 Å². The van der Waals surface area contributed by atoms with Gasteiger partial charge in [-0.3, -0.25) is 0 Å². The highest BCUT2D eigenvalue weighted by Gasteiger charge is 2.14. The van der Waals surface area contributed by atoms with Crippen LogP contribution in [0.4, 0.5) is 5.69 Å². The Morgan fingerprint density at radius 2 is 2.14 bits per heavy atom. The number of nitrogen functional groups attached to an aromatic ring is 1. The minimum atomic E-state index is -0.516. The molecule has 2 aromatic rings. The molecule has 0 saturated heterocycles. The summed E-state index contributed by atoms with van der Waals surface area (Å²) in [5, 5.41) is 0.455. The average molecular weight is 307 g/mol. The highest BCUT2D eigenvalue weighted by Crippen LogP contribution is 2.30. The Bertz CT molecular complexity index is 674. The lowest BCUT2D eigenvalue weighted by atomic mass is 10.2. The fourth-order valence-corrected chi connectivity index (χ4v) is 1.85. The smallest absolute Gasteiger partial charge is 0.340 e. The van der Waals surface area contributed by atoms with Crippen molar-refractivity contribution < 1.29 is 14.3 Å². The number of carbonyl (C=O) groups is 1. The summed E-state index contributed by atoms with van der Waals surface area (Å²) in [6, 6.07) is 6.82. The quantitative estimate of drug-likeness (QED) is 0.874. The Morgan fingerprint density at radius 1 is 1.38 bits per heavy atom. The number of halogens is 1. The fourth-order valence-electron chi connectivity index (χ4n) is 1.69. The van der Waals surface area contributed by atoms with Crippen LogP contribution in [0.1, 0.15) is 22.8 Å². The van der Waals surface area contributed by atoms with Crippen LogP contribution in [0.3, 0.4) is 0 Å². The highest BCUT2D eigenvalue weighted by atomic mass is 35.5. The van der Waals surface area contributed by atoms with E-state index in [1.165, 1.54) is 12.3 Å². The van der Waals surface area contributed by atoms with E-state index >= 15 is 0 Å². The van der Waals surface area contributed by atoms with Gasteiger partial charge in [0.25, 0.3) is 0 Å². The van der Waals surface area contributed by atoms with E-state index in [1.54, 1.807) is 19.1 Å². The number of aromatic nitrogens is 1. The SMILES string of the molecule is CCOC(=O)c1cc(Oc2cc(C)ccc2Cl)ncc1N. The van der Waals surface area contributed by atoms with Crippen molar-refractivity contribution >= 4 is 23.3 Å². The number of esters is 1. The first-order valence-electron chi connectivity index (χ1n) is 6.38. The van der Waals surface area contributed by atoms with Crippen molar-refractivity contribution in [2.24, 2.45) is 0 Å². The molecule has 2 rings (SSSR count). The monoisotopic (exact) mass is 306 g/mol. The van der Waals surface area contributed by atoms with E-state index in [4.69, 9.17) is 26.8 Å². The van der Waals surface area contributed by atoms with Gasteiger partial charge in [-0.1, -0.05) is 17.7 Å². The number of anilines is 1. The zero-order valence-corrected chi connectivity index (χ0v) is 12.5. The second-order valence-electron chi connectivity index (χ2n) is 4.37. The van der Waals surface area contributed by atoms with Crippen molar-refractivity contribution in [3.63, 3.8) is 0 Å². The van der Waals surface area contributed by atoms with Gasteiger partial charge in [-0.25, -0.2) is 9.78 Å². The van der Waals surface area contributed by atoms with Crippen LogP contribution < -0.4 is 10.5 Å². The summed E-state index contributed by atoms with van der Waals surface area (Å²) in [5.41, 5.74) is 7.16. The number of nitrogens with two attached hydrogens (primary N) is 1. The predicted molar refractivity (Wildman–Crippen MR) is 80.9 cm³/mol. The number of pyridine rings is 1. The molecule has 5 nitrogen and oxygen atoms in total. The summed E-state index contributed by atoms with van der Waals surface area (Å²) in [5.74, 6) is 0.168. The van der Waals surface area contributed by atoms with Crippen LogP contribution >= 0.6 is 11.6 Å². The Balaban J connectivity index is 2.31. The van der Waals surface area contributed by atoms with Crippen molar-refractivity contribution in [1.29, 1.82) is 0 Å². The van der Waals surface area contributed by atoms with Gasteiger partial charge in [-0.05, 0) is 31.5 Å². The molecule has 0 aliphatic rings. The van der Waals surface area contributed by atoms with Crippen molar-refractivity contribution in [3.8, 4) is 11.6 Å². The van der Waals surface area contributed by atoms with Gasteiger partial charge in [0, 0.05) is 6.07 Å². The molecule has 0 amide bonds. The van der Waals surface area contributed by atoms with Gasteiger partial charge in [-0.2, -0.15) is 0 Å². The summed E-state index contributed by atoms with van der Waals surface area (Å²) < 4.78 is 10.5. The molecule has 0 aliphatic heterocycles. The molecule has 0 spiro atoms. The number of hydrogen-bond acceptors (Lipinski definition) is 5. The molecule has 1 aromatic carbocycles. The fraction of sp³-hybridized carbons (Fsp3) is 0.200. The van der Waals surface area contributed by atoms with Crippen LogP contribution in [0.15, 0.2) is 30.5 Å². The largest absolute Gasteiger partial charge is 0.462 e. The standard InChI is InChI=1S/C15H15ClN2O3/c1-3-20-15(19)10-7-14(18-8-12(10)17)21-13-6-9(2)4-5-11(13)16/h4-8H,3,17H2,1-2H3. The maximum Gasteiger partial charge on any atom is 0.340 e.